The highest BCUT2D eigenvalue weighted by Crippen LogP contribution is 2.42. The molecule has 0 radical (unpaired) electrons. The predicted molar refractivity (Wildman–Crippen MR) is 248 cm³/mol. The smallest absolute Gasteiger partial charge is 0.270 e. The Balaban J connectivity index is 0.852. The van der Waals surface area contributed by atoms with Crippen molar-refractivity contribution in [2.24, 2.45) is 5.92 Å². The monoisotopic (exact) mass is 940 g/mol. The first-order valence-corrected chi connectivity index (χ1v) is 24.6. The van der Waals surface area contributed by atoms with Crippen molar-refractivity contribution in [3.8, 4) is 21.8 Å². The Labute approximate surface area is 386 Å². The lowest BCUT2D eigenvalue weighted by atomic mass is 9.93. The molecule has 3 saturated heterocycles. The Morgan fingerprint density at radius 3 is 2.42 bits per heavy atom. The van der Waals surface area contributed by atoms with Crippen LogP contribution in [0.15, 0.2) is 61.2 Å². The number of amides is 4. The molecule has 0 saturated carbocycles. The molecule has 3 aliphatic heterocycles. The van der Waals surface area contributed by atoms with Crippen molar-refractivity contribution in [3.63, 3.8) is 0 Å². The number of halogens is 1. The summed E-state index contributed by atoms with van der Waals surface area (Å²) < 4.78 is 45.5. The van der Waals surface area contributed by atoms with Crippen LogP contribution < -0.4 is 25.6 Å². The summed E-state index contributed by atoms with van der Waals surface area (Å²) in [5.74, 6) is -1.83. The molecule has 3 aliphatic rings. The Kier molecular flexibility index (Phi) is 13.5. The number of thiazole rings is 1. The summed E-state index contributed by atoms with van der Waals surface area (Å²) in [6.45, 7) is 10.4. The maximum Gasteiger partial charge on any atom is 0.270 e. The average Bonchev–Trinajstić information content (AvgIpc) is 3.97. The lowest BCUT2D eigenvalue weighted by Gasteiger charge is -2.38. The van der Waals surface area contributed by atoms with E-state index in [2.05, 4.69) is 40.6 Å². The van der Waals surface area contributed by atoms with Crippen LogP contribution in [0.2, 0.25) is 0 Å². The Bertz CT molecular complexity index is 2720. The highest BCUT2D eigenvalue weighted by Gasteiger charge is 2.33. The fourth-order valence-corrected chi connectivity index (χ4v) is 10.6. The van der Waals surface area contributed by atoms with Crippen molar-refractivity contribution < 1.29 is 32.0 Å². The third kappa shape index (κ3) is 10.5. The van der Waals surface area contributed by atoms with Gasteiger partial charge in [0.2, 0.25) is 33.7 Å². The van der Waals surface area contributed by atoms with Gasteiger partial charge in [0.25, 0.3) is 5.91 Å². The number of benzene rings is 1. The fraction of sp³-hybridized carbons (Fsp3) is 0.444. The summed E-state index contributed by atoms with van der Waals surface area (Å²) in [6, 6.07) is 9.06. The van der Waals surface area contributed by atoms with E-state index in [0.717, 1.165) is 23.5 Å². The minimum atomic E-state index is -3.73. The second-order valence-electron chi connectivity index (χ2n) is 17.8. The van der Waals surface area contributed by atoms with Gasteiger partial charge in [-0.3, -0.25) is 33.9 Å². The quantitative estimate of drug-likeness (QED) is 0.103. The van der Waals surface area contributed by atoms with Crippen LogP contribution in [0.3, 0.4) is 0 Å². The highest BCUT2D eigenvalue weighted by molar-refractivity contribution is 7.92. The van der Waals surface area contributed by atoms with E-state index in [1.165, 1.54) is 17.4 Å². The number of hydrogen-bond donors (Lipinski definition) is 4. The van der Waals surface area contributed by atoms with Crippen LogP contribution in [0, 0.1) is 11.7 Å². The normalized spacial score (nSPS) is 17.7. The minimum Gasteiger partial charge on any atom is -0.370 e. The molecule has 8 rings (SSSR count). The molecule has 18 nitrogen and oxygen atoms in total. The molecule has 4 amide bonds. The maximum absolute atomic E-state index is 16.1. The van der Waals surface area contributed by atoms with Crippen LogP contribution in [0.25, 0.3) is 21.8 Å². The molecule has 5 aromatic rings. The summed E-state index contributed by atoms with van der Waals surface area (Å²) in [6.07, 6.45) is 10.5. The van der Waals surface area contributed by atoms with Crippen LogP contribution in [-0.2, 0) is 29.8 Å². The molecule has 3 fully saturated rings. The number of carbonyl (C=O) groups is 4. The largest absolute Gasteiger partial charge is 0.370 e. The van der Waals surface area contributed by atoms with Crippen LogP contribution in [-0.4, -0.2) is 105 Å². The van der Waals surface area contributed by atoms with Crippen LogP contribution in [0.4, 0.5) is 27.4 Å². The van der Waals surface area contributed by atoms with Crippen molar-refractivity contribution in [1.82, 2.24) is 45.2 Å². The highest BCUT2D eigenvalue weighted by atomic mass is 32.2. The van der Waals surface area contributed by atoms with E-state index in [1.54, 1.807) is 49.8 Å². The van der Waals surface area contributed by atoms with Gasteiger partial charge in [-0.05, 0) is 68.9 Å². The second kappa shape index (κ2) is 19.2. The first-order chi connectivity index (χ1) is 31.5. The number of rotatable bonds is 13. The Morgan fingerprint density at radius 2 is 1.73 bits per heavy atom. The maximum atomic E-state index is 16.1. The number of nitrogens with one attached hydrogen (secondary N) is 4. The zero-order valence-corrected chi connectivity index (χ0v) is 38.8. The number of sulfonamides is 1. The van der Waals surface area contributed by atoms with Crippen LogP contribution >= 0.6 is 11.3 Å². The summed E-state index contributed by atoms with van der Waals surface area (Å²) in [7, 11) is -3.73. The number of hydrogen-bond acceptors (Lipinski definition) is 14. The molecule has 4 N–H and O–H groups in total. The van der Waals surface area contributed by atoms with E-state index in [-0.39, 0.29) is 64.7 Å². The van der Waals surface area contributed by atoms with Gasteiger partial charge in [-0.2, -0.15) is 5.10 Å². The molecular formula is C45H53FN12O6S2. The van der Waals surface area contributed by atoms with Gasteiger partial charge >= 0.3 is 0 Å². The van der Waals surface area contributed by atoms with Gasteiger partial charge in [0.15, 0.2) is 5.82 Å². The van der Waals surface area contributed by atoms with Gasteiger partial charge in [0, 0.05) is 61.9 Å². The number of imide groups is 1. The number of likely N-dealkylation sites (tertiary alicyclic amines) is 1. The number of nitrogens with zero attached hydrogens (tertiary/aromatic N) is 8. The Hall–Kier alpha value is -6.35. The summed E-state index contributed by atoms with van der Waals surface area (Å²) in [5.41, 5.74) is 2.22. The van der Waals surface area contributed by atoms with E-state index < -0.39 is 33.7 Å². The first-order valence-electron chi connectivity index (χ1n) is 22.1. The molecule has 21 heteroatoms. The van der Waals surface area contributed by atoms with Gasteiger partial charge in [-0.15, -0.1) is 11.3 Å². The van der Waals surface area contributed by atoms with Crippen molar-refractivity contribution in [2.75, 3.05) is 46.9 Å². The summed E-state index contributed by atoms with van der Waals surface area (Å²) in [5, 5.41) is 13.5. The van der Waals surface area contributed by atoms with Crippen molar-refractivity contribution in [3.05, 3.63) is 77.7 Å². The number of pyridine rings is 1. The topological polar surface area (TPSA) is 226 Å². The van der Waals surface area contributed by atoms with Crippen molar-refractivity contribution >= 4 is 68.0 Å². The zero-order chi connectivity index (χ0) is 46.8. The van der Waals surface area contributed by atoms with Crippen LogP contribution in [0.5, 0.6) is 0 Å². The van der Waals surface area contributed by atoms with E-state index >= 15 is 4.39 Å². The van der Waals surface area contributed by atoms with Gasteiger partial charge < -0.3 is 20.4 Å². The molecule has 0 spiro atoms. The minimum absolute atomic E-state index is 0.0859. The molecule has 0 aliphatic carbocycles. The molecule has 4 aromatic heterocycles. The van der Waals surface area contributed by atoms with Crippen LogP contribution in [0.1, 0.15) is 94.2 Å². The molecule has 7 heterocycles. The molecular weight excluding hydrogens is 888 g/mol. The number of anilines is 4. The van der Waals surface area contributed by atoms with Crippen molar-refractivity contribution in [1.29, 1.82) is 0 Å². The molecule has 1 atom stereocenters. The molecule has 348 valence electrons. The van der Waals surface area contributed by atoms with Gasteiger partial charge in [-0.1, -0.05) is 33.8 Å². The van der Waals surface area contributed by atoms with Gasteiger partial charge in [0.1, 0.15) is 11.7 Å². The second-order valence-corrected chi connectivity index (χ2v) is 20.7. The third-order valence-electron chi connectivity index (χ3n) is 11.9. The lowest BCUT2D eigenvalue weighted by molar-refractivity contribution is -0.137. The SMILES string of the molecule is CCCS(=O)(=O)Nc1cccc(-c2nc(C(C)(C)C)sc2-c2ccnc(Nc3cnn(C4CCN(C(=O)C5CCN(c6ccc(C(=O)N[C@@H]7CCC(=O)NC7=O)nc6)CC5)CC4)c3)n2)c1F. The zero-order valence-electron chi connectivity index (χ0n) is 37.2. The van der Waals surface area contributed by atoms with E-state index in [4.69, 9.17) is 9.97 Å². The number of piperidine rings is 3. The summed E-state index contributed by atoms with van der Waals surface area (Å²) >= 11 is 1.39. The summed E-state index contributed by atoms with van der Waals surface area (Å²) in [4.78, 5) is 73.0. The number of aromatic nitrogens is 6. The number of carbonyl (C=O) groups excluding carboxylic acids is 4. The standard InChI is InChI=1S/C45H53FN12O6S2/c1-5-23-66(63,64)55-32-8-6-7-31(37(32)46)38-39(65-43(54-38)45(2,3)4)33-13-18-47-44(52-33)50-28-24-49-58(26-28)29-16-21-57(22-17-29)42(62)27-14-19-56(20-15-27)30-9-10-34(48-25-30)40(60)51-35-11-12-36(59)53-41(35)61/h6-10,13,18,24-27,29,35,55H,5,11-12,14-17,19-23H2,1-4H3,(H,51,60)(H,47,50,52)(H,53,59,61)/t35-/m1/s1. The molecule has 1 aromatic carbocycles. The average molecular weight is 941 g/mol. The van der Waals surface area contributed by atoms with E-state index in [9.17, 15) is 27.6 Å². The lowest BCUT2D eigenvalue weighted by Crippen LogP contribution is -2.52. The molecule has 0 bridgehead atoms. The van der Waals surface area contributed by atoms with Crippen molar-refractivity contribution in [2.45, 2.75) is 90.1 Å². The van der Waals surface area contributed by atoms with E-state index in [0.29, 0.717) is 73.3 Å². The van der Waals surface area contributed by atoms with E-state index in [1.807, 2.05) is 42.6 Å². The van der Waals surface area contributed by atoms with Gasteiger partial charge in [-0.25, -0.2) is 32.7 Å². The Morgan fingerprint density at radius 1 is 0.955 bits per heavy atom. The fourth-order valence-electron chi connectivity index (χ4n) is 8.32. The third-order valence-corrected chi connectivity index (χ3v) is 14.9. The molecule has 0 unspecified atom stereocenters. The predicted octanol–water partition coefficient (Wildman–Crippen LogP) is 5.81. The van der Waals surface area contributed by atoms with Gasteiger partial charge in [0.05, 0.1) is 62.5 Å². The first kappa shape index (κ1) is 46.2. The molecule has 66 heavy (non-hydrogen) atoms.